The number of rotatable bonds is 8. The van der Waals surface area contributed by atoms with Gasteiger partial charge in [0.2, 0.25) is 0 Å². The molecule has 0 N–H and O–H groups in total. The van der Waals surface area contributed by atoms with E-state index < -0.39 is 41.9 Å². The van der Waals surface area contributed by atoms with E-state index in [-0.39, 0.29) is 0 Å². The normalized spacial score (nSPS) is 22.4. The van der Waals surface area contributed by atoms with Gasteiger partial charge in [0.15, 0.2) is 0 Å². The van der Waals surface area contributed by atoms with Crippen LogP contribution in [0, 0.1) is 0 Å². The molecular formula is C30H42B2O4. The van der Waals surface area contributed by atoms with Crippen molar-refractivity contribution < 1.29 is 18.6 Å². The quantitative estimate of drug-likeness (QED) is 0.369. The summed E-state index contributed by atoms with van der Waals surface area (Å²) in [5, 5.41) is -0.558. The van der Waals surface area contributed by atoms with E-state index in [9.17, 15) is 0 Å². The molecule has 0 aliphatic carbocycles. The van der Waals surface area contributed by atoms with Crippen LogP contribution in [-0.4, -0.2) is 36.6 Å². The van der Waals surface area contributed by atoms with Crippen LogP contribution in [0.25, 0.3) is 6.08 Å². The van der Waals surface area contributed by atoms with Gasteiger partial charge in [-0.3, -0.25) is 0 Å². The van der Waals surface area contributed by atoms with Crippen molar-refractivity contribution in [1.29, 1.82) is 0 Å². The van der Waals surface area contributed by atoms with Gasteiger partial charge in [0.05, 0.1) is 22.4 Å². The SMILES string of the molecule is CC1(C)OB(C(C/C=C\c2ccccc2)(CCc2ccccc2)B2OC(C)(C)C(C)(C)O2)OC1(C)C. The summed E-state index contributed by atoms with van der Waals surface area (Å²) in [5.41, 5.74) is 0.620. The monoisotopic (exact) mass is 488 g/mol. The average molecular weight is 488 g/mol. The van der Waals surface area contributed by atoms with Gasteiger partial charge in [0, 0.05) is 5.21 Å². The summed E-state index contributed by atoms with van der Waals surface area (Å²) in [7, 11) is -0.970. The van der Waals surface area contributed by atoms with Gasteiger partial charge in [-0.15, -0.1) is 0 Å². The molecule has 2 saturated heterocycles. The van der Waals surface area contributed by atoms with Crippen LogP contribution in [0.4, 0.5) is 0 Å². The summed E-state index contributed by atoms with van der Waals surface area (Å²) in [5.74, 6) is 0. The highest BCUT2D eigenvalue weighted by atomic mass is 16.7. The highest BCUT2D eigenvalue weighted by Crippen LogP contribution is 2.55. The van der Waals surface area contributed by atoms with Gasteiger partial charge in [0.1, 0.15) is 0 Å². The van der Waals surface area contributed by atoms with Gasteiger partial charge in [-0.1, -0.05) is 72.8 Å². The Hall–Kier alpha value is -1.85. The molecule has 0 saturated carbocycles. The van der Waals surface area contributed by atoms with Gasteiger partial charge in [-0.25, -0.2) is 0 Å². The molecule has 2 aromatic rings. The van der Waals surface area contributed by atoms with Crippen molar-refractivity contribution in [3.63, 3.8) is 0 Å². The first-order chi connectivity index (χ1) is 16.8. The molecule has 2 aromatic carbocycles. The fraction of sp³-hybridized carbons (Fsp3) is 0.533. The van der Waals surface area contributed by atoms with E-state index in [1.54, 1.807) is 0 Å². The van der Waals surface area contributed by atoms with E-state index >= 15 is 0 Å². The predicted molar refractivity (Wildman–Crippen MR) is 150 cm³/mol. The summed E-state index contributed by atoms with van der Waals surface area (Å²) >= 11 is 0. The van der Waals surface area contributed by atoms with Crippen molar-refractivity contribution in [2.24, 2.45) is 0 Å². The third-order valence-corrected chi connectivity index (χ3v) is 8.78. The van der Waals surface area contributed by atoms with E-state index in [1.165, 1.54) is 5.56 Å². The van der Waals surface area contributed by atoms with Crippen LogP contribution in [0.1, 0.15) is 79.4 Å². The number of allylic oxidation sites excluding steroid dienone is 1. The molecular weight excluding hydrogens is 446 g/mol. The minimum absolute atomic E-state index is 0.456. The van der Waals surface area contributed by atoms with Crippen molar-refractivity contribution in [1.82, 2.24) is 0 Å². The first kappa shape index (κ1) is 27.2. The summed E-state index contributed by atoms with van der Waals surface area (Å²) in [4.78, 5) is 0. The standard InChI is InChI=1S/C30H42B2O4/c1-26(2)27(3,4)34-31(33-26)30(23-21-25-18-13-10-14-19-25,22-15-20-24-16-11-9-12-17-24)32-35-28(5,6)29(7,8)36-32/h9-20H,21-23H2,1-8H3/b20-15-. The number of aryl methyl sites for hydroxylation is 1. The molecule has 2 aliphatic rings. The Labute approximate surface area is 219 Å². The Bertz CT molecular complexity index is 979. The largest absolute Gasteiger partial charge is 0.462 e. The third-order valence-electron chi connectivity index (χ3n) is 8.78. The van der Waals surface area contributed by atoms with Crippen LogP contribution in [-0.2, 0) is 25.0 Å². The topological polar surface area (TPSA) is 36.9 Å². The van der Waals surface area contributed by atoms with Gasteiger partial charge < -0.3 is 18.6 Å². The van der Waals surface area contributed by atoms with Crippen molar-refractivity contribution in [2.45, 2.75) is 102 Å². The predicted octanol–water partition coefficient (Wildman–Crippen LogP) is 7.19. The fourth-order valence-electron chi connectivity index (χ4n) is 4.80. The Morgan fingerprint density at radius 2 is 1.06 bits per heavy atom. The molecule has 2 heterocycles. The number of hydrogen-bond donors (Lipinski definition) is 0. The van der Waals surface area contributed by atoms with Gasteiger partial charge in [-0.05, 0) is 85.8 Å². The van der Waals surface area contributed by atoms with Crippen molar-refractivity contribution in [3.8, 4) is 0 Å². The lowest BCUT2D eigenvalue weighted by molar-refractivity contribution is 0.00578. The molecule has 0 amide bonds. The highest BCUT2D eigenvalue weighted by Gasteiger charge is 2.68. The van der Waals surface area contributed by atoms with Gasteiger partial charge >= 0.3 is 14.2 Å². The lowest BCUT2D eigenvalue weighted by Crippen LogP contribution is -2.49. The summed E-state index contributed by atoms with van der Waals surface area (Å²) in [6, 6.07) is 21.0. The minimum Gasteiger partial charge on any atom is -0.403 e. The number of hydrogen-bond acceptors (Lipinski definition) is 4. The van der Waals surface area contributed by atoms with Crippen LogP contribution in [0.15, 0.2) is 66.7 Å². The van der Waals surface area contributed by atoms with Crippen molar-refractivity contribution in [3.05, 3.63) is 77.9 Å². The first-order valence-corrected chi connectivity index (χ1v) is 13.2. The second kappa shape index (κ2) is 9.79. The average Bonchev–Trinajstić information content (AvgIpc) is 3.17. The molecule has 0 bridgehead atoms. The maximum Gasteiger partial charge on any atom is 0.462 e. The first-order valence-electron chi connectivity index (χ1n) is 13.2. The van der Waals surface area contributed by atoms with Crippen LogP contribution in [0.5, 0.6) is 0 Å². The molecule has 2 fully saturated rings. The zero-order chi connectivity index (χ0) is 26.2. The molecule has 0 radical (unpaired) electrons. The van der Waals surface area contributed by atoms with Gasteiger partial charge in [-0.2, -0.15) is 0 Å². The second-order valence-electron chi connectivity index (χ2n) is 12.4. The molecule has 0 aromatic heterocycles. The molecule has 0 atom stereocenters. The molecule has 4 rings (SSSR count). The fourth-order valence-corrected chi connectivity index (χ4v) is 4.80. The number of benzene rings is 2. The Morgan fingerprint density at radius 3 is 1.50 bits per heavy atom. The Balaban J connectivity index is 1.76. The zero-order valence-electron chi connectivity index (χ0n) is 23.3. The van der Waals surface area contributed by atoms with Crippen LogP contribution in [0.3, 0.4) is 0 Å². The van der Waals surface area contributed by atoms with E-state index in [2.05, 4.69) is 122 Å². The molecule has 192 valence electrons. The molecule has 2 aliphatic heterocycles. The maximum atomic E-state index is 6.75. The van der Waals surface area contributed by atoms with Crippen LogP contribution >= 0.6 is 0 Å². The smallest absolute Gasteiger partial charge is 0.403 e. The Kier molecular flexibility index (Phi) is 7.40. The summed E-state index contributed by atoms with van der Waals surface area (Å²) in [6.07, 6.45) is 6.77. The minimum atomic E-state index is -0.558. The summed E-state index contributed by atoms with van der Waals surface area (Å²) in [6.45, 7) is 16.9. The molecule has 4 nitrogen and oxygen atoms in total. The molecule has 6 heteroatoms. The van der Waals surface area contributed by atoms with Crippen LogP contribution in [0.2, 0.25) is 5.21 Å². The Morgan fingerprint density at radius 1 is 0.639 bits per heavy atom. The second-order valence-corrected chi connectivity index (χ2v) is 12.4. The molecule has 36 heavy (non-hydrogen) atoms. The van der Waals surface area contributed by atoms with Crippen LogP contribution < -0.4 is 0 Å². The van der Waals surface area contributed by atoms with Gasteiger partial charge in [0.25, 0.3) is 0 Å². The van der Waals surface area contributed by atoms with E-state index in [1.807, 2.05) is 6.07 Å². The zero-order valence-corrected chi connectivity index (χ0v) is 23.3. The summed E-state index contributed by atoms with van der Waals surface area (Å²) < 4.78 is 27.0. The molecule has 0 spiro atoms. The molecule has 0 unspecified atom stereocenters. The maximum absolute atomic E-state index is 6.75. The van der Waals surface area contributed by atoms with Crippen molar-refractivity contribution in [2.75, 3.05) is 0 Å². The van der Waals surface area contributed by atoms with E-state index in [4.69, 9.17) is 18.6 Å². The van der Waals surface area contributed by atoms with E-state index in [0.717, 1.165) is 18.4 Å². The lowest BCUT2D eigenvalue weighted by Gasteiger charge is -2.36. The lowest BCUT2D eigenvalue weighted by atomic mass is 9.36. The highest BCUT2D eigenvalue weighted by molar-refractivity contribution is 6.71. The van der Waals surface area contributed by atoms with Crippen molar-refractivity contribution >= 4 is 20.3 Å². The third kappa shape index (κ3) is 5.24. The van der Waals surface area contributed by atoms with E-state index in [0.29, 0.717) is 6.42 Å².